The van der Waals surface area contributed by atoms with Crippen LogP contribution in [-0.4, -0.2) is 21.3 Å². The highest BCUT2D eigenvalue weighted by Gasteiger charge is 2.04. The second kappa shape index (κ2) is 6.89. The van der Waals surface area contributed by atoms with E-state index in [-0.39, 0.29) is 5.75 Å². The fraction of sp³-hybridized carbons (Fsp3) is 0. The van der Waals surface area contributed by atoms with Crippen molar-refractivity contribution in [2.24, 2.45) is 5.10 Å². The highest BCUT2D eigenvalue weighted by atomic mass is 35.5. The Balaban J connectivity index is 1.78. The average molecular weight is 325 g/mol. The van der Waals surface area contributed by atoms with Gasteiger partial charge in [-0.25, -0.2) is 9.97 Å². The minimum Gasteiger partial charge on any atom is -0.508 e. The van der Waals surface area contributed by atoms with Gasteiger partial charge in [0.05, 0.1) is 6.21 Å². The van der Waals surface area contributed by atoms with Gasteiger partial charge in [0.1, 0.15) is 10.9 Å². The molecule has 23 heavy (non-hydrogen) atoms. The zero-order chi connectivity index (χ0) is 16.1. The average Bonchev–Trinajstić information content (AvgIpc) is 2.57. The molecule has 3 rings (SSSR count). The number of anilines is 1. The van der Waals surface area contributed by atoms with Gasteiger partial charge in [-0.1, -0.05) is 41.9 Å². The summed E-state index contributed by atoms with van der Waals surface area (Å²) in [5.74, 6) is 1.24. The number of nitrogens with one attached hydrogen (secondary N) is 1. The van der Waals surface area contributed by atoms with Gasteiger partial charge < -0.3 is 5.11 Å². The number of aromatic nitrogens is 2. The Bertz CT molecular complexity index is 820. The van der Waals surface area contributed by atoms with Gasteiger partial charge in [-0.3, -0.25) is 5.43 Å². The van der Waals surface area contributed by atoms with E-state index in [0.29, 0.717) is 16.8 Å². The molecule has 0 fully saturated rings. The second-order valence-electron chi connectivity index (χ2n) is 4.73. The second-order valence-corrected chi connectivity index (χ2v) is 5.11. The van der Waals surface area contributed by atoms with Crippen LogP contribution >= 0.6 is 11.6 Å². The number of hydrazone groups is 1. The topological polar surface area (TPSA) is 70.4 Å². The van der Waals surface area contributed by atoms with Gasteiger partial charge in [0.15, 0.2) is 11.6 Å². The van der Waals surface area contributed by atoms with E-state index in [1.165, 1.54) is 0 Å². The van der Waals surface area contributed by atoms with Gasteiger partial charge >= 0.3 is 0 Å². The van der Waals surface area contributed by atoms with Crippen molar-refractivity contribution in [3.8, 4) is 17.1 Å². The van der Waals surface area contributed by atoms with Crippen LogP contribution in [0.5, 0.6) is 5.75 Å². The highest BCUT2D eigenvalue weighted by Crippen LogP contribution is 2.20. The van der Waals surface area contributed by atoms with Gasteiger partial charge in [0.2, 0.25) is 0 Å². The lowest BCUT2D eigenvalue weighted by atomic mass is 10.2. The predicted octanol–water partition coefficient (Wildman–Crippen LogP) is 3.95. The van der Waals surface area contributed by atoms with Crippen molar-refractivity contribution in [2.75, 3.05) is 5.43 Å². The third-order valence-electron chi connectivity index (χ3n) is 3.01. The third kappa shape index (κ3) is 4.05. The number of rotatable bonds is 4. The van der Waals surface area contributed by atoms with Crippen molar-refractivity contribution in [3.05, 3.63) is 71.4 Å². The Morgan fingerprint density at radius 2 is 1.74 bits per heavy atom. The van der Waals surface area contributed by atoms with Crippen LogP contribution in [0.1, 0.15) is 5.56 Å². The van der Waals surface area contributed by atoms with Crippen LogP contribution in [0.15, 0.2) is 65.8 Å². The van der Waals surface area contributed by atoms with Gasteiger partial charge in [-0.05, 0) is 29.8 Å². The molecule has 1 aromatic heterocycles. The Kier molecular flexibility index (Phi) is 4.49. The van der Waals surface area contributed by atoms with Crippen LogP contribution in [0.4, 0.5) is 5.82 Å². The predicted molar refractivity (Wildman–Crippen MR) is 91.8 cm³/mol. The minimum absolute atomic E-state index is 0.213. The summed E-state index contributed by atoms with van der Waals surface area (Å²) in [5, 5.41) is 13.7. The molecule has 5 nitrogen and oxygen atoms in total. The van der Waals surface area contributed by atoms with E-state index in [1.54, 1.807) is 36.5 Å². The fourth-order valence-electron chi connectivity index (χ4n) is 1.92. The largest absolute Gasteiger partial charge is 0.508 e. The smallest absolute Gasteiger partial charge is 0.163 e. The Morgan fingerprint density at radius 1 is 1.00 bits per heavy atom. The number of halogens is 1. The first-order chi connectivity index (χ1) is 11.2. The first-order valence-electron chi connectivity index (χ1n) is 6.89. The number of hydrogen-bond acceptors (Lipinski definition) is 5. The molecule has 0 aliphatic carbocycles. The molecular formula is C17H13ClN4O. The molecule has 0 bridgehead atoms. The molecule has 6 heteroatoms. The molecule has 2 aromatic carbocycles. The lowest BCUT2D eigenvalue weighted by molar-refractivity contribution is 0.475. The van der Waals surface area contributed by atoms with Crippen LogP contribution in [0.3, 0.4) is 0 Å². The van der Waals surface area contributed by atoms with Crippen LogP contribution in [0.25, 0.3) is 11.4 Å². The van der Waals surface area contributed by atoms with Gasteiger partial charge in [-0.2, -0.15) is 5.10 Å². The summed E-state index contributed by atoms with van der Waals surface area (Å²) < 4.78 is 0. The van der Waals surface area contributed by atoms with E-state index in [1.807, 2.05) is 30.3 Å². The van der Waals surface area contributed by atoms with Crippen molar-refractivity contribution >= 4 is 23.6 Å². The van der Waals surface area contributed by atoms with Crippen molar-refractivity contribution in [1.82, 2.24) is 9.97 Å². The Hall–Kier alpha value is -2.92. The summed E-state index contributed by atoms with van der Waals surface area (Å²) in [4.78, 5) is 8.60. The molecular weight excluding hydrogens is 312 g/mol. The van der Waals surface area contributed by atoms with E-state index in [2.05, 4.69) is 20.5 Å². The number of hydrogen-bond donors (Lipinski definition) is 2. The monoisotopic (exact) mass is 324 g/mol. The summed E-state index contributed by atoms with van der Waals surface area (Å²) in [6, 6.07) is 17.9. The van der Waals surface area contributed by atoms with Crippen molar-refractivity contribution in [1.29, 1.82) is 0 Å². The van der Waals surface area contributed by atoms with E-state index < -0.39 is 0 Å². The highest BCUT2D eigenvalue weighted by molar-refractivity contribution is 6.29. The summed E-state index contributed by atoms with van der Waals surface area (Å²) in [5.41, 5.74) is 4.55. The van der Waals surface area contributed by atoms with Crippen LogP contribution in [0.2, 0.25) is 5.15 Å². The number of phenolic OH excluding ortho intramolecular Hbond substituents is 1. The molecule has 0 radical (unpaired) electrons. The first kappa shape index (κ1) is 15.0. The minimum atomic E-state index is 0.213. The maximum Gasteiger partial charge on any atom is 0.163 e. The zero-order valence-corrected chi connectivity index (χ0v) is 12.8. The van der Waals surface area contributed by atoms with Crippen LogP contribution in [0, 0.1) is 0 Å². The molecule has 0 saturated carbocycles. The van der Waals surface area contributed by atoms with E-state index in [4.69, 9.17) is 11.6 Å². The lowest BCUT2D eigenvalue weighted by Crippen LogP contribution is -1.97. The number of benzene rings is 2. The molecule has 2 N–H and O–H groups in total. The van der Waals surface area contributed by atoms with E-state index in [9.17, 15) is 5.11 Å². The quantitative estimate of drug-likeness (QED) is 0.433. The number of phenols is 1. The molecule has 0 aliphatic rings. The number of nitrogens with zero attached hydrogens (tertiary/aromatic N) is 3. The Labute approximate surface area is 138 Å². The SMILES string of the molecule is Oc1ccc(/C=N\Nc2cc(Cl)nc(-c3ccccc3)n2)cc1. The summed E-state index contributed by atoms with van der Waals surface area (Å²) in [6.07, 6.45) is 1.62. The maximum atomic E-state index is 9.24. The van der Waals surface area contributed by atoms with Gasteiger partial charge in [0.25, 0.3) is 0 Å². The first-order valence-corrected chi connectivity index (χ1v) is 7.26. The molecule has 0 amide bonds. The fourth-order valence-corrected chi connectivity index (χ4v) is 2.11. The summed E-state index contributed by atoms with van der Waals surface area (Å²) >= 11 is 6.04. The van der Waals surface area contributed by atoms with Crippen LogP contribution in [-0.2, 0) is 0 Å². The molecule has 0 spiro atoms. The van der Waals surface area contributed by atoms with E-state index in [0.717, 1.165) is 11.1 Å². The third-order valence-corrected chi connectivity index (χ3v) is 3.21. The standard InChI is InChI=1S/C17H13ClN4O/c18-15-10-16(21-17(20-15)13-4-2-1-3-5-13)22-19-11-12-6-8-14(23)9-7-12/h1-11,23H,(H,20,21,22)/b19-11-. The zero-order valence-electron chi connectivity index (χ0n) is 12.0. The summed E-state index contributed by atoms with van der Waals surface area (Å²) in [6.45, 7) is 0. The summed E-state index contributed by atoms with van der Waals surface area (Å²) in [7, 11) is 0. The normalized spacial score (nSPS) is 10.8. The van der Waals surface area contributed by atoms with Crippen molar-refractivity contribution in [2.45, 2.75) is 0 Å². The van der Waals surface area contributed by atoms with Gasteiger partial charge in [-0.15, -0.1) is 0 Å². The Morgan fingerprint density at radius 3 is 2.48 bits per heavy atom. The van der Waals surface area contributed by atoms with Crippen LogP contribution < -0.4 is 5.43 Å². The molecule has 0 saturated heterocycles. The maximum absolute atomic E-state index is 9.24. The molecule has 0 atom stereocenters. The molecule has 0 aliphatic heterocycles. The molecule has 114 valence electrons. The molecule has 0 unspecified atom stereocenters. The molecule has 3 aromatic rings. The number of aromatic hydroxyl groups is 1. The van der Waals surface area contributed by atoms with Crippen molar-refractivity contribution < 1.29 is 5.11 Å². The lowest BCUT2D eigenvalue weighted by Gasteiger charge is -2.04. The molecule has 1 heterocycles. The van der Waals surface area contributed by atoms with Crippen molar-refractivity contribution in [3.63, 3.8) is 0 Å². The van der Waals surface area contributed by atoms with Gasteiger partial charge in [0, 0.05) is 11.6 Å². The van der Waals surface area contributed by atoms with E-state index >= 15 is 0 Å².